The van der Waals surface area contributed by atoms with Crippen LogP contribution in [0.4, 0.5) is 29.2 Å². The number of nitrogens with one attached hydrogen (secondary N) is 3. The van der Waals surface area contributed by atoms with Gasteiger partial charge in [0, 0.05) is 18.3 Å². The Morgan fingerprint density at radius 2 is 1.81 bits per heavy atom. The molecule has 0 bridgehead atoms. The van der Waals surface area contributed by atoms with Crippen LogP contribution in [-0.4, -0.2) is 79.9 Å². The maximum Gasteiger partial charge on any atom is 0.423 e. The van der Waals surface area contributed by atoms with E-state index in [0.29, 0.717) is 38.3 Å². The fraction of sp³-hybridized carbons (Fsp3) is 0.593. The first kappa shape index (κ1) is 31.2. The van der Waals surface area contributed by atoms with Gasteiger partial charge >= 0.3 is 6.18 Å². The number of hydrogen-bond donors (Lipinski definition) is 3. The van der Waals surface area contributed by atoms with E-state index in [2.05, 4.69) is 30.2 Å². The Bertz CT molecular complexity index is 1450. The number of nitrogens with zero attached hydrogens (tertiary/aromatic N) is 3. The van der Waals surface area contributed by atoms with Gasteiger partial charge in [0.15, 0.2) is 0 Å². The molecule has 1 aromatic heterocycles. The summed E-state index contributed by atoms with van der Waals surface area (Å²) in [5, 5.41) is 4.99. The Labute approximate surface area is 246 Å². The van der Waals surface area contributed by atoms with E-state index in [0.717, 1.165) is 32.0 Å². The zero-order valence-electron chi connectivity index (χ0n) is 23.7. The topological polar surface area (TPSA) is 135 Å². The van der Waals surface area contributed by atoms with E-state index in [4.69, 9.17) is 9.47 Å². The van der Waals surface area contributed by atoms with Gasteiger partial charge in [0.1, 0.15) is 23.2 Å². The summed E-state index contributed by atoms with van der Waals surface area (Å²) in [6.07, 6.45) is -1.39. The van der Waals surface area contributed by atoms with Crippen molar-refractivity contribution in [1.82, 2.24) is 24.9 Å². The highest BCUT2D eigenvalue weighted by Gasteiger charge is 2.42. The molecule has 2 aliphatic carbocycles. The molecule has 236 valence electrons. The standard InChI is InChI=1S/C27H34F4N6O5S/c1-37-10-8-15(9-11-37)33-24(38)17-12-23(41-2)21(13-19(17)28)34-26-32-14-18(27(29,30)31)25(35-26)42-22-5-3-4-20(22)36-43(39,40)16-6-7-16/h12-16,20,22,36H,3-11H2,1-2H3,(H,33,38)(H,32,34,35)/t20-,22-/m1/s1. The Kier molecular flexibility index (Phi) is 9.00. The van der Waals surface area contributed by atoms with Crippen LogP contribution >= 0.6 is 0 Å². The number of likely N-dealkylation sites (tertiary alicyclic amines) is 1. The summed E-state index contributed by atoms with van der Waals surface area (Å²) in [6.45, 7) is 1.60. The lowest BCUT2D eigenvalue weighted by atomic mass is 10.0. The molecule has 2 atom stereocenters. The molecule has 11 nitrogen and oxygen atoms in total. The van der Waals surface area contributed by atoms with Crippen molar-refractivity contribution in [3.63, 3.8) is 0 Å². The van der Waals surface area contributed by atoms with Crippen molar-refractivity contribution in [2.75, 3.05) is 32.6 Å². The van der Waals surface area contributed by atoms with Crippen molar-refractivity contribution in [3.05, 3.63) is 35.3 Å². The second-order valence-electron chi connectivity index (χ2n) is 11.2. The molecule has 1 aromatic carbocycles. The molecule has 43 heavy (non-hydrogen) atoms. The number of anilines is 2. The molecule has 0 radical (unpaired) electrons. The predicted molar refractivity (Wildman–Crippen MR) is 148 cm³/mol. The van der Waals surface area contributed by atoms with Crippen molar-refractivity contribution < 1.29 is 40.2 Å². The van der Waals surface area contributed by atoms with Crippen LogP contribution in [0.15, 0.2) is 18.3 Å². The number of ether oxygens (including phenoxy) is 2. The molecule has 2 heterocycles. The van der Waals surface area contributed by atoms with Crippen LogP contribution in [0.3, 0.4) is 0 Å². The van der Waals surface area contributed by atoms with E-state index in [1.54, 1.807) is 0 Å². The summed E-state index contributed by atoms with van der Waals surface area (Å²) >= 11 is 0. The molecule has 0 spiro atoms. The number of amides is 1. The van der Waals surface area contributed by atoms with Gasteiger partial charge in [-0.1, -0.05) is 0 Å². The number of sulfonamides is 1. The number of halogens is 4. The zero-order valence-corrected chi connectivity index (χ0v) is 24.5. The van der Waals surface area contributed by atoms with E-state index in [1.807, 2.05) is 7.05 Å². The van der Waals surface area contributed by atoms with Gasteiger partial charge in [0.25, 0.3) is 5.91 Å². The van der Waals surface area contributed by atoms with Gasteiger partial charge in [0.05, 0.1) is 29.7 Å². The number of hydrogen-bond acceptors (Lipinski definition) is 9. The summed E-state index contributed by atoms with van der Waals surface area (Å²) < 4.78 is 95.1. The zero-order chi connectivity index (χ0) is 30.9. The van der Waals surface area contributed by atoms with Gasteiger partial charge in [-0.3, -0.25) is 4.79 Å². The third-order valence-corrected chi connectivity index (χ3v) is 9.87. The van der Waals surface area contributed by atoms with E-state index in [-0.39, 0.29) is 29.0 Å². The number of carbonyl (C=O) groups is 1. The molecule has 3 aliphatic rings. The lowest BCUT2D eigenvalue weighted by molar-refractivity contribution is -0.140. The Balaban J connectivity index is 1.35. The first-order valence-corrected chi connectivity index (χ1v) is 15.6. The van der Waals surface area contributed by atoms with E-state index in [9.17, 15) is 26.4 Å². The van der Waals surface area contributed by atoms with Crippen LogP contribution in [0.2, 0.25) is 0 Å². The van der Waals surface area contributed by atoms with Gasteiger partial charge in [0.2, 0.25) is 21.9 Å². The maximum atomic E-state index is 15.1. The second-order valence-corrected chi connectivity index (χ2v) is 13.2. The van der Waals surface area contributed by atoms with E-state index >= 15 is 4.39 Å². The molecule has 16 heteroatoms. The van der Waals surface area contributed by atoms with Crippen molar-refractivity contribution in [1.29, 1.82) is 0 Å². The van der Waals surface area contributed by atoms with E-state index < -0.39 is 56.8 Å². The number of aromatic nitrogens is 2. The van der Waals surface area contributed by atoms with Gasteiger partial charge in [-0.25, -0.2) is 22.5 Å². The summed E-state index contributed by atoms with van der Waals surface area (Å²) in [7, 11) is -0.317. The summed E-state index contributed by atoms with van der Waals surface area (Å²) in [6, 6.07) is 1.36. The second kappa shape index (κ2) is 12.4. The molecule has 2 saturated carbocycles. The molecular weight excluding hydrogens is 596 g/mol. The van der Waals surface area contributed by atoms with Crippen molar-refractivity contribution in [2.24, 2.45) is 0 Å². The number of carbonyl (C=O) groups excluding carboxylic acids is 1. The predicted octanol–water partition coefficient (Wildman–Crippen LogP) is 3.59. The van der Waals surface area contributed by atoms with Crippen LogP contribution in [0.5, 0.6) is 11.6 Å². The van der Waals surface area contributed by atoms with Crippen LogP contribution in [0, 0.1) is 5.82 Å². The minimum absolute atomic E-state index is 0.0301. The Hall–Kier alpha value is -3.24. The van der Waals surface area contributed by atoms with Crippen LogP contribution in [-0.2, 0) is 16.2 Å². The van der Waals surface area contributed by atoms with Gasteiger partial charge in [-0.2, -0.15) is 18.2 Å². The maximum absolute atomic E-state index is 15.1. The van der Waals surface area contributed by atoms with Crippen LogP contribution < -0.4 is 24.8 Å². The lowest BCUT2D eigenvalue weighted by Crippen LogP contribution is -2.44. The van der Waals surface area contributed by atoms with E-state index in [1.165, 1.54) is 13.2 Å². The van der Waals surface area contributed by atoms with Gasteiger partial charge in [-0.15, -0.1) is 0 Å². The van der Waals surface area contributed by atoms with Crippen molar-refractivity contribution in [3.8, 4) is 11.6 Å². The highest BCUT2D eigenvalue weighted by molar-refractivity contribution is 7.90. The third-order valence-electron chi connectivity index (χ3n) is 7.89. The smallest absolute Gasteiger partial charge is 0.423 e. The number of rotatable bonds is 10. The average Bonchev–Trinajstić information content (AvgIpc) is 3.72. The molecule has 2 aromatic rings. The van der Waals surface area contributed by atoms with Gasteiger partial charge < -0.3 is 25.0 Å². The fourth-order valence-electron chi connectivity index (χ4n) is 5.27. The number of methoxy groups -OCH3 is 1. The summed E-state index contributed by atoms with van der Waals surface area (Å²) in [5.41, 5.74) is -1.52. The fourth-order valence-corrected chi connectivity index (χ4v) is 6.91. The molecule has 3 N–H and O–H groups in total. The third kappa shape index (κ3) is 7.47. The molecular formula is C27H34F4N6O5S. The molecule has 1 aliphatic heterocycles. The lowest BCUT2D eigenvalue weighted by Gasteiger charge is -2.29. The van der Waals surface area contributed by atoms with Crippen molar-refractivity contribution >= 4 is 27.6 Å². The average molecular weight is 631 g/mol. The minimum Gasteiger partial charge on any atom is -0.495 e. The Morgan fingerprint density at radius 1 is 1.09 bits per heavy atom. The number of benzene rings is 1. The molecule has 5 rings (SSSR count). The molecule has 3 fully saturated rings. The normalized spacial score (nSPS) is 21.9. The largest absolute Gasteiger partial charge is 0.495 e. The molecule has 0 unspecified atom stereocenters. The van der Waals surface area contributed by atoms with Crippen molar-refractivity contribution in [2.45, 2.75) is 74.6 Å². The summed E-state index contributed by atoms with van der Waals surface area (Å²) in [5.74, 6) is -2.60. The van der Waals surface area contributed by atoms with Gasteiger partial charge in [-0.05, 0) is 71.1 Å². The molecule has 1 saturated heterocycles. The SMILES string of the molecule is COc1cc(C(=O)NC2CCN(C)CC2)c(F)cc1Nc1ncc(C(F)(F)F)c(O[C@@H]2CCC[C@H]2NS(=O)(=O)C2CC2)n1. The number of alkyl halides is 3. The highest BCUT2D eigenvalue weighted by Crippen LogP contribution is 2.38. The highest BCUT2D eigenvalue weighted by atomic mass is 32.2. The first-order chi connectivity index (χ1) is 20.3. The first-order valence-electron chi connectivity index (χ1n) is 14.1. The minimum atomic E-state index is -4.86. The molecule has 1 amide bonds. The number of piperidine rings is 1. The Morgan fingerprint density at radius 3 is 2.47 bits per heavy atom. The quantitative estimate of drug-likeness (QED) is 0.337. The summed E-state index contributed by atoms with van der Waals surface area (Å²) in [4.78, 5) is 22.6. The van der Waals surface area contributed by atoms with Crippen LogP contribution in [0.1, 0.15) is 60.9 Å². The monoisotopic (exact) mass is 630 g/mol. The van der Waals surface area contributed by atoms with Crippen LogP contribution in [0.25, 0.3) is 0 Å².